The Morgan fingerprint density at radius 3 is 2.52 bits per heavy atom. The van der Waals surface area contributed by atoms with Crippen molar-refractivity contribution in [2.45, 2.75) is 39.5 Å². The van der Waals surface area contributed by atoms with Crippen LogP contribution in [0.4, 0.5) is 9.18 Å². The number of carbonyl (C=O) groups excluding carboxylic acids is 2. The van der Waals surface area contributed by atoms with E-state index in [-0.39, 0.29) is 30.8 Å². The van der Waals surface area contributed by atoms with Crippen molar-refractivity contribution in [2.24, 2.45) is 4.99 Å². The van der Waals surface area contributed by atoms with E-state index in [2.05, 4.69) is 5.10 Å². The lowest BCUT2D eigenvalue weighted by Crippen LogP contribution is -2.65. The minimum absolute atomic E-state index is 0.135. The molecule has 0 spiro atoms. The van der Waals surface area contributed by atoms with Gasteiger partial charge in [0.05, 0.1) is 5.69 Å². The number of halogens is 1. The van der Waals surface area contributed by atoms with Crippen LogP contribution in [0.1, 0.15) is 23.9 Å². The summed E-state index contributed by atoms with van der Waals surface area (Å²) in [7, 11) is 1.63. The lowest BCUT2D eigenvalue weighted by molar-refractivity contribution is -0.137. The molecule has 29 heavy (non-hydrogen) atoms. The monoisotopic (exact) mass is 398 g/mol. The van der Waals surface area contributed by atoms with Gasteiger partial charge >= 0.3 is 6.03 Å². The number of hydrogen-bond acceptors (Lipinski definition) is 5. The van der Waals surface area contributed by atoms with Crippen LogP contribution in [0, 0.1) is 19.7 Å². The van der Waals surface area contributed by atoms with Gasteiger partial charge in [0.25, 0.3) is 5.91 Å². The first-order valence-electron chi connectivity index (χ1n) is 9.53. The van der Waals surface area contributed by atoms with Crippen LogP contribution in [0.3, 0.4) is 0 Å². The fourth-order valence-corrected chi connectivity index (χ4v) is 3.94. The quantitative estimate of drug-likeness (QED) is 0.792. The topological polar surface area (TPSA) is 74.0 Å². The summed E-state index contributed by atoms with van der Waals surface area (Å²) in [6, 6.07) is 7.22. The summed E-state index contributed by atoms with van der Waals surface area (Å²) in [4.78, 5) is 34.9. The number of nitrogens with zero attached hydrogens (tertiary/aromatic N) is 6. The molecule has 4 rings (SSSR count). The zero-order chi connectivity index (χ0) is 20.9. The molecule has 1 aromatic heterocycles. The van der Waals surface area contributed by atoms with Crippen LogP contribution in [0.2, 0.25) is 0 Å². The third kappa shape index (κ3) is 2.97. The summed E-state index contributed by atoms with van der Waals surface area (Å²) in [6.45, 7) is 5.90. The van der Waals surface area contributed by atoms with Gasteiger partial charge in [0.15, 0.2) is 12.2 Å². The molecule has 0 N–H and O–H groups in total. The normalized spacial score (nSPS) is 21.7. The molecule has 0 aliphatic carbocycles. The Labute approximate surface area is 168 Å². The highest BCUT2D eigenvalue weighted by atomic mass is 19.1. The summed E-state index contributed by atoms with van der Waals surface area (Å²) < 4.78 is 16.1. The summed E-state index contributed by atoms with van der Waals surface area (Å²) in [6.07, 6.45) is -0.691. The van der Waals surface area contributed by atoms with Gasteiger partial charge in [-0.2, -0.15) is 5.10 Å². The maximum absolute atomic E-state index is 14.4. The van der Waals surface area contributed by atoms with Crippen LogP contribution >= 0.6 is 0 Å². The van der Waals surface area contributed by atoms with Crippen molar-refractivity contribution >= 4 is 17.9 Å². The van der Waals surface area contributed by atoms with Gasteiger partial charge in [-0.25, -0.2) is 18.9 Å². The smallest absolute Gasteiger partial charge is 0.321 e. The summed E-state index contributed by atoms with van der Waals surface area (Å²) in [5.41, 5.74) is 2.09. The third-order valence-electron chi connectivity index (χ3n) is 5.39. The molecule has 0 bridgehead atoms. The summed E-state index contributed by atoms with van der Waals surface area (Å²) in [5, 5.41) is 4.49. The lowest BCUT2D eigenvalue weighted by Gasteiger charge is -2.41. The Bertz CT molecular complexity index is 1020. The molecule has 2 aliphatic rings. The average molecular weight is 398 g/mol. The van der Waals surface area contributed by atoms with Gasteiger partial charge in [-0.1, -0.05) is 18.2 Å². The number of fused-ring (bicyclic) bond motifs is 1. The summed E-state index contributed by atoms with van der Waals surface area (Å²) in [5.74, 6) is -0.263. The van der Waals surface area contributed by atoms with E-state index in [9.17, 15) is 14.0 Å². The van der Waals surface area contributed by atoms with Crippen molar-refractivity contribution in [1.82, 2.24) is 24.5 Å². The molecule has 2 atom stereocenters. The van der Waals surface area contributed by atoms with Gasteiger partial charge in [0, 0.05) is 31.4 Å². The van der Waals surface area contributed by atoms with E-state index in [0.717, 1.165) is 11.4 Å². The minimum atomic E-state index is -0.740. The second kappa shape index (κ2) is 6.98. The van der Waals surface area contributed by atoms with E-state index in [1.165, 1.54) is 15.9 Å². The van der Waals surface area contributed by atoms with Gasteiger partial charge < -0.3 is 9.80 Å². The largest absolute Gasteiger partial charge is 0.328 e. The van der Waals surface area contributed by atoms with E-state index >= 15 is 0 Å². The Morgan fingerprint density at radius 2 is 1.90 bits per heavy atom. The van der Waals surface area contributed by atoms with Crippen molar-refractivity contribution in [1.29, 1.82) is 0 Å². The second-order valence-corrected chi connectivity index (χ2v) is 7.32. The van der Waals surface area contributed by atoms with Crippen molar-refractivity contribution in [3.05, 3.63) is 53.1 Å². The predicted molar refractivity (Wildman–Crippen MR) is 105 cm³/mol. The molecule has 3 amide bonds. The first-order valence-corrected chi connectivity index (χ1v) is 9.53. The molecule has 2 aliphatic heterocycles. The molecule has 152 valence electrons. The first-order chi connectivity index (χ1) is 13.8. The maximum atomic E-state index is 14.4. The van der Waals surface area contributed by atoms with Crippen molar-refractivity contribution in [3.63, 3.8) is 0 Å². The number of rotatable bonds is 3. The average Bonchev–Trinajstić information content (AvgIpc) is 3.22. The zero-order valence-corrected chi connectivity index (χ0v) is 16.8. The number of urea groups is 1. The van der Waals surface area contributed by atoms with E-state index in [1.54, 1.807) is 41.8 Å². The molecule has 9 heteroatoms. The lowest BCUT2D eigenvalue weighted by atomic mass is 10.1. The van der Waals surface area contributed by atoms with Crippen molar-refractivity contribution < 1.29 is 14.0 Å². The Balaban J connectivity index is 1.82. The van der Waals surface area contributed by atoms with Gasteiger partial charge in [0.2, 0.25) is 5.96 Å². The minimum Gasteiger partial charge on any atom is -0.321 e. The molecule has 0 saturated carbocycles. The molecule has 1 aromatic carbocycles. The van der Waals surface area contributed by atoms with E-state index in [1.807, 2.05) is 19.9 Å². The predicted octanol–water partition coefficient (Wildman–Crippen LogP) is 1.97. The fourth-order valence-electron chi connectivity index (χ4n) is 3.94. The van der Waals surface area contributed by atoms with Gasteiger partial charge in [-0.15, -0.1) is 0 Å². The molecule has 0 radical (unpaired) electrons. The highest BCUT2D eigenvalue weighted by Crippen LogP contribution is 2.30. The number of aryl methyl sites for hydroxylation is 2. The second-order valence-electron chi connectivity index (χ2n) is 7.32. The number of aromatic nitrogens is 2. The van der Waals surface area contributed by atoms with Crippen LogP contribution in [0.15, 0.2) is 35.3 Å². The van der Waals surface area contributed by atoms with Gasteiger partial charge in [-0.3, -0.25) is 9.69 Å². The number of imide groups is 1. The molecule has 1 saturated heterocycles. The molecule has 2 unspecified atom stereocenters. The van der Waals surface area contributed by atoms with Gasteiger partial charge in [0.1, 0.15) is 5.82 Å². The maximum Gasteiger partial charge on any atom is 0.328 e. The number of likely N-dealkylation sites (N-methyl/N-ethyl adjacent to an activating group) is 2. The highest BCUT2D eigenvalue weighted by molar-refractivity contribution is 6.04. The standard InChI is InChI=1S/C20H23FN6O2/c1-5-25-18(28)16-17(24(4)20(25)29)22-19(27-13(3)10-12(2)23-27)26(16)11-14-8-6-7-9-15(14)21/h6-10,16-17H,5,11H2,1-4H3. The van der Waals surface area contributed by atoms with Crippen molar-refractivity contribution in [2.75, 3.05) is 13.6 Å². The van der Waals surface area contributed by atoms with E-state index in [4.69, 9.17) is 4.99 Å². The Hall–Kier alpha value is -3.23. The van der Waals surface area contributed by atoms with Crippen LogP contribution in [0.5, 0.6) is 0 Å². The number of carbonyl (C=O) groups is 2. The van der Waals surface area contributed by atoms with Crippen LogP contribution in [-0.2, 0) is 11.3 Å². The number of hydrogen-bond donors (Lipinski definition) is 0. The molecule has 2 aromatic rings. The fraction of sp³-hybridized carbons (Fsp3) is 0.400. The Kier molecular flexibility index (Phi) is 4.60. The summed E-state index contributed by atoms with van der Waals surface area (Å²) >= 11 is 0. The van der Waals surface area contributed by atoms with Crippen LogP contribution in [-0.4, -0.2) is 68.2 Å². The SMILES string of the molecule is CCN1C(=O)C2C(N=C(n3nc(C)cc3C)N2Cc2ccccc2F)N(C)C1=O. The number of amides is 3. The van der Waals surface area contributed by atoms with Crippen LogP contribution < -0.4 is 0 Å². The highest BCUT2D eigenvalue weighted by Gasteiger charge is 2.52. The molecule has 8 nitrogen and oxygen atoms in total. The Morgan fingerprint density at radius 1 is 1.17 bits per heavy atom. The van der Waals surface area contributed by atoms with Gasteiger partial charge in [-0.05, 0) is 32.9 Å². The van der Waals surface area contributed by atoms with E-state index in [0.29, 0.717) is 11.5 Å². The third-order valence-corrected chi connectivity index (χ3v) is 5.39. The molecular weight excluding hydrogens is 375 g/mol. The number of benzene rings is 1. The molecule has 3 heterocycles. The number of aliphatic imine (C=N–C) groups is 1. The van der Waals surface area contributed by atoms with Crippen LogP contribution in [0.25, 0.3) is 0 Å². The van der Waals surface area contributed by atoms with E-state index < -0.39 is 12.2 Å². The first kappa shape index (κ1) is 19.1. The van der Waals surface area contributed by atoms with Crippen molar-refractivity contribution in [3.8, 4) is 0 Å². The molecule has 1 fully saturated rings. The zero-order valence-electron chi connectivity index (χ0n) is 16.8. The molecular formula is C20H23FN6O2.